The molecule has 0 saturated carbocycles. The molecule has 9 aromatic carbocycles. The zero-order chi connectivity index (χ0) is 39.9. The molecule has 0 amide bonds. The smallest absolute Gasteiger partial charge is 0.0795 e. The average Bonchev–Trinajstić information content (AvgIpc) is 3.94. The number of aryl methyl sites for hydroxylation is 1. The maximum Gasteiger partial charge on any atom is 0.0795 e. The van der Waals surface area contributed by atoms with Crippen molar-refractivity contribution in [3.8, 4) is 16.8 Å². The van der Waals surface area contributed by atoms with Crippen molar-refractivity contribution in [2.45, 2.75) is 13.3 Å². The molecule has 3 aromatic heterocycles. The number of nitrogens with one attached hydrogen (secondary N) is 1. The first-order valence-corrected chi connectivity index (χ1v) is 20.1. The van der Waals surface area contributed by atoms with Crippen molar-refractivity contribution in [3.63, 3.8) is 0 Å². The summed E-state index contributed by atoms with van der Waals surface area (Å²) in [6, 6.07) is 72.4. The Hall–Kier alpha value is -7.28. The van der Waals surface area contributed by atoms with Gasteiger partial charge in [0.2, 0.25) is 0 Å². The number of fused-ring (bicyclic) bond motifs is 13. The Labute approximate surface area is 342 Å². The van der Waals surface area contributed by atoms with Crippen LogP contribution in [0.5, 0.6) is 0 Å². The highest BCUT2D eigenvalue weighted by molar-refractivity contribution is 6.38. The van der Waals surface area contributed by atoms with E-state index in [4.69, 9.17) is 0 Å². The van der Waals surface area contributed by atoms with Crippen molar-refractivity contribution in [1.29, 1.82) is 0 Å². The topological polar surface area (TPSA) is 73.4 Å². The molecule has 0 spiro atoms. The van der Waals surface area contributed by atoms with Crippen LogP contribution < -0.4 is 17.2 Å². The van der Waals surface area contributed by atoms with Gasteiger partial charge < -0.3 is 8.97 Å². The van der Waals surface area contributed by atoms with Crippen molar-refractivity contribution in [3.05, 3.63) is 217 Å². The number of benzene rings is 9. The summed E-state index contributed by atoms with van der Waals surface area (Å²) in [6.45, 7) is 2.15. The number of para-hydroxylation sites is 3. The quantitative estimate of drug-likeness (QED) is 0.123. The van der Waals surface area contributed by atoms with Crippen molar-refractivity contribution in [2.75, 3.05) is 0 Å². The fraction of sp³-hybridized carbons (Fsp3) is 0.0370. The van der Waals surface area contributed by atoms with Crippen molar-refractivity contribution < 1.29 is 0 Å². The second-order valence-corrected chi connectivity index (χ2v) is 15.1. The minimum Gasteiger partial charge on any atom is -0.307 e. The van der Waals surface area contributed by atoms with Crippen molar-refractivity contribution in [2.24, 2.45) is 11.7 Å². The normalized spacial score (nSPS) is 11.4. The van der Waals surface area contributed by atoms with E-state index < -0.39 is 0 Å². The zero-order valence-corrected chi connectivity index (χ0v) is 32.8. The first kappa shape index (κ1) is 36.1. The number of hydrogen-bond acceptors (Lipinski definition) is 3. The summed E-state index contributed by atoms with van der Waals surface area (Å²) in [5.74, 6) is 8.75. The number of nitrogens with two attached hydrogens (primary N) is 2. The van der Waals surface area contributed by atoms with Crippen LogP contribution in [0.25, 0.3) is 87.5 Å². The first-order chi connectivity index (χ1) is 29.1. The summed E-state index contributed by atoms with van der Waals surface area (Å²) in [7, 11) is 0. The summed E-state index contributed by atoms with van der Waals surface area (Å²) in [4.78, 5) is 0. The third-order valence-electron chi connectivity index (χ3n) is 11.6. The third-order valence-corrected chi connectivity index (χ3v) is 11.6. The molecule has 0 unspecified atom stereocenters. The van der Waals surface area contributed by atoms with Crippen LogP contribution in [0, 0.1) is 6.92 Å². The largest absolute Gasteiger partial charge is 0.307 e. The van der Waals surface area contributed by atoms with E-state index in [1.54, 1.807) is 5.53 Å². The summed E-state index contributed by atoms with van der Waals surface area (Å²) < 4.78 is 5.02. The molecule has 0 saturated heterocycles. The standard InChI is InChI=1S/C35H22N2.C19H16.H5N3/c1-21-17-19-22(20-18-21)36-30-16-7-5-12-27(30)31-24-10-2-3-11-25(24)32-28-14-8-13-26-23-9-4-6-15-29(23)37(33(26)28)35(32)34(31)36;1-3-7-16(8-4-1)15-17-11-13-19(14-12-17)18-9-5-2-6-10-18;1-3-2/h2-20H,1H3;1-14H,15H2;3H,1-2H2. The van der Waals surface area contributed by atoms with Crippen molar-refractivity contribution in [1.82, 2.24) is 14.5 Å². The molecule has 59 heavy (non-hydrogen) atoms. The first-order valence-electron chi connectivity index (χ1n) is 20.1. The van der Waals surface area contributed by atoms with Crippen LogP contribution in [0.4, 0.5) is 0 Å². The zero-order valence-electron chi connectivity index (χ0n) is 32.8. The van der Waals surface area contributed by atoms with Gasteiger partial charge in [-0.25, -0.2) is 0 Å². The molecular formula is C54H43N5. The Bertz CT molecular complexity index is 3380. The van der Waals surface area contributed by atoms with E-state index in [1.807, 2.05) is 6.07 Å². The van der Waals surface area contributed by atoms with Gasteiger partial charge in [0.05, 0.1) is 27.6 Å². The van der Waals surface area contributed by atoms with Gasteiger partial charge in [-0.05, 0) is 70.6 Å². The lowest BCUT2D eigenvalue weighted by Gasteiger charge is -2.11. The summed E-state index contributed by atoms with van der Waals surface area (Å²) in [5.41, 5.74) is 15.9. The summed E-state index contributed by atoms with van der Waals surface area (Å²) >= 11 is 0. The lowest BCUT2D eigenvalue weighted by molar-refractivity contribution is 0.803. The maximum absolute atomic E-state index is 4.38. The molecule has 284 valence electrons. The molecule has 3 heterocycles. The van der Waals surface area contributed by atoms with Gasteiger partial charge in [0, 0.05) is 38.0 Å². The minimum absolute atomic E-state index is 0.996. The van der Waals surface area contributed by atoms with Crippen LogP contribution in [0.1, 0.15) is 16.7 Å². The lowest BCUT2D eigenvalue weighted by Crippen LogP contribution is -2.29. The molecule has 0 fully saturated rings. The van der Waals surface area contributed by atoms with E-state index in [-0.39, 0.29) is 0 Å². The molecule has 12 rings (SSSR count). The van der Waals surface area contributed by atoms with Gasteiger partial charge in [-0.15, -0.1) is 0 Å². The molecule has 5 N–H and O–H groups in total. The fourth-order valence-corrected chi connectivity index (χ4v) is 9.08. The van der Waals surface area contributed by atoms with E-state index in [0.29, 0.717) is 0 Å². The van der Waals surface area contributed by atoms with Crippen LogP contribution in [0.15, 0.2) is 200 Å². The van der Waals surface area contributed by atoms with E-state index >= 15 is 0 Å². The van der Waals surface area contributed by atoms with Gasteiger partial charge in [-0.3, -0.25) is 11.7 Å². The SMILES string of the molecule is Cc1ccc(-n2c3ccccc3c3c4ccccc4c4c5cccc6c7ccccc7n(c65)c4c32)cc1.NNN.c1ccc(Cc2ccc(-c3ccccc3)cc2)cc1. The number of hydrogen-bond donors (Lipinski definition) is 3. The molecule has 0 atom stereocenters. The van der Waals surface area contributed by atoms with Crippen molar-refractivity contribution >= 4 is 70.7 Å². The molecule has 0 radical (unpaired) electrons. The lowest BCUT2D eigenvalue weighted by atomic mass is 9.98. The van der Waals surface area contributed by atoms with Crippen LogP contribution >= 0.6 is 0 Å². The average molecular weight is 762 g/mol. The Morgan fingerprint density at radius 3 is 1.56 bits per heavy atom. The van der Waals surface area contributed by atoms with E-state index in [2.05, 4.69) is 222 Å². The van der Waals surface area contributed by atoms with Gasteiger partial charge in [0.1, 0.15) is 0 Å². The fourth-order valence-electron chi connectivity index (χ4n) is 9.08. The second-order valence-electron chi connectivity index (χ2n) is 15.1. The Balaban J connectivity index is 0.000000161. The second kappa shape index (κ2) is 15.2. The molecule has 5 heteroatoms. The van der Waals surface area contributed by atoms with Gasteiger partial charge in [0.15, 0.2) is 0 Å². The predicted molar refractivity (Wildman–Crippen MR) is 250 cm³/mol. The molecule has 12 aromatic rings. The van der Waals surface area contributed by atoms with E-state index in [9.17, 15) is 0 Å². The van der Waals surface area contributed by atoms with Gasteiger partial charge in [0.25, 0.3) is 0 Å². The third kappa shape index (κ3) is 6.17. The Morgan fingerprint density at radius 1 is 0.390 bits per heavy atom. The Kier molecular flexibility index (Phi) is 9.32. The van der Waals surface area contributed by atoms with E-state index in [1.165, 1.54) is 104 Å². The van der Waals surface area contributed by atoms with Gasteiger partial charge in [-0.2, -0.15) is 5.53 Å². The predicted octanol–water partition coefficient (Wildman–Crippen LogP) is 12.7. The Morgan fingerprint density at radius 2 is 0.881 bits per heavy atom. The molecule has 0 bridgehead atoms. The van der Waals surface area contributed by atoms with Gasteiger partial charge >= 0.3 is 0 Å². The van der Waals surface area contributed by atoms with Crippen LogP contribution in [0.3, 0.4) is 0 Å². The number of rotatable bonds is 4. The molecule has 0 aliphatic rings. The molecule has 0 aliphatic heterocycles. The maximum atomic E-state index is 4.38. The van der Waals surface area contributed by atoms with Crippen LogP contribution in [-0.2, 0) is 6.42 Å². The number of nitrogens with zero attached hydrogens (tertiary/aromatic N) is 2. The molecular weight excluding hydrogens is 719 g/mol. The minimum atomic E-state index is 0.996. The molecule has 5 nitrogen and oxygen atoms in total. The highest BCUT2D eigenvalue weighted by Gasteiger charge is 2.25. The molecule has 0 aliphatic carbocycles. The summed E-state index contributed by atoms with van der Waals surface area (Å²) in [5, 5.41) is 10.5. The van der Waals surface area contributed by atoms with Gasteiger partial charge in [-0.1, -0.05) is 181 Å². The monoisotopic (exact) mass is 761 g/mol. The number of hydrazine groups is 2. The van der Waals surface area contributed by atoms with Crippen LogP contribution in [-0.4, -0.2) is 8.97 Å². The summed E-state index contributed by atoms with van der Waals surface area (Å²) in [6.07, 6.45) is 0.996. The highest BCUT2D eigenvalue weighted by atomic mass is 15.4. The number of aromatic nitrogens is 2. The highest BCUT2D eigenvalue weighted by Crippen LogP contribution is 2.48. The van der Waals surface area contributed by atoms with Crippen LogP contribution in [0.2, 0.25) is 0 Å². The van der Waals surface area contributed by atoms with E-state index in [0.717, 1.165) is 6.42 Å².